The van der Waals surface area contributed by atoms with Gasteiger partial charge < -0.3 is 9.84 Å². The molecule has 22 heavy (non-hydrogen) atoms. The highest BCUT2D eigenvalue weighted by Gasteiger charge is 2.30. The number of hydrogen-bond donors (Lipinski definition) is 1. The molecular formula is C17H29N3O2. The molecule has 4 unspecified atom stereocenters. The first-order valence-electron chi connectivity index (χ1n) is 8.31. The third-order valence-corrected chi connectivity index (χ3v) is 5.16. The van der Waals surface area contributed by atoms with Crippen LogP contribution in [0.3, 0.4) is 0 Å². The summed E-state index contributed by atoms with van der Waals surface area (Å²) in [4.78, 5) is 14.5. The maximum atomic E-state index is 12.5. The van der Waals surface area contributed by atoms with Crippen LogP contribution in [0.4, 0.5) is 0 Å². The summed E-state index contributed by atoms with van der Waals surface area (Å²) in [6.07, 6.45) is 3.57. The predicted octanol–water partition coefficient (Wildman–Crippen LogP) is 2.74. The molecule has 4 atom stereocenters. The van der Waals surface area contributed by atoms with E-state index < -0.39 is 0 Å². The molecule has 1 heterocycles. The summed E-state index contributed by atoms with van der Waals surface area (Å²) >= 11 is 0. The Morgan fingerprint density at radius 3 is 2.86 bits per heavy atom. The molecule has 0 saturated heterocycles. The Kier molecular flexibility index (Phi) is 5.62. The van der Waals surface area contributed by atoms with Gasteiger partial charge in [0.15, 0.2) is 0 Å². The summed E-state index contributed by atoms with van der Waals surface area (Å²) in [6, 6.07) is 2.04. The lowest BCUT2D eigenvalue weighted by Gasteiger charge is -2.36. The van der Waals surface area contributed by atoms with Gasteiger partial charge in [-0.25, -0.2) is 0 Å². The molecule has 2 rings (SSSR count). The standard InChI is InChI=1S/C17H29N3O2/c1-11-7-6-8-16(13(11)3)18-17(21)14(4)20(5)10-15-9-12(2)22-19-15/h9,11,13-14,16H,6-8,10H2,1-5H3,(H,18,21). The average molecular weight is 307 g/mol. The van der Waals surface area contributed by atoms with Gasteiger partial charge in [-0.15, -0.1) is 0 Å². The monoisotopic (exact) mass is 307 g/mol. The van der Waals surface area contributed by atoms with Crippen molar-refractivity contribution in [2.75, 3.05) is 7.05 Å². The third-order valence-electron chi connectivity index (χ3n) is 5.16. The number of nitrogens with zero attached hydrogens (tertiary/aromatic N) is 2. The number of rotatable bonds is 5. The number of aromatic nitrogens is 1. The van der Waals surface area contributed by atoms with E-state index in [1.54, 1.807) is 0 Å². The number of carbonyl (C=O) groups excluding carboxylic acids is 1. The fraction of sp³-hybridized carbons (Fsp3) is 0.765. The molecule has 0 bridgehead atoms. The van der Waals surface area contributed by atoms with Crippen LogP contribution in [0.2, 0.25) is 0 Å². The molecule has 1 aliphatic rings. The van der Waals surface area contributed by atoms with Crippen LogP contribution in [0.15, 0.2) is 10.6 Å². The Balaban J connectivity index is 1.88. The molecular weight excluding hydrogens is 278 g/mol. The Hall–Kier alpha value is -1.36. The van der Waals surface area contributed by atoms with Crippen molar-refractivity contribution in [3.8, 4) is 0 Å². The highest BCUT2D eigenvalue weighted by atomic mass is 16.5. The summed E-state index contributed by atoms with van der Waals surface area (Å²) in [5.74, 6) is 2.14. The molecule has 1 aliphatic carbocycles. The van der Waals surface area contributed by atoms with Gasteiger partial charge in [-0.1, -0.05) is 31.8 Å². The quantitative estimate of drug-likeness (QED) is 0.908. The molecule has 1 saturated carbocycles. The number of likely N-dealkylation sites (N-methyl/N-ethyl adjacent to an activating group) is 1. The van der Waals surface area contributed by atoms with Crippen molar-refractivity contribution in [3.05, 3.63) is 17.5 Å². The SMILES string of the molecule is Cc1cc(CN(C)C(C)C(=O)NC2CCCC(C)C2C)no1. The summed E-state index contributed by atoms with van der Waals surface area (Å²) in [5.41, 5.74) is 0.860. The van der Waals surface area contributed by atoms with E-state index in [1.807, 2.05) is 31.9 Å². The second kappa shape index (κ2) is 7.27. The fourth-order valence-corrected chi connectivity index (χ4v) is 3.17. The van der Waals surface area contributed by atoms with Gasteiger partial charge in [0.05, 0.1) is 11.7 Å². The van der Waals surface area contributed by atoms with Crippen LogP contribution in [0.1, 0.15) is 51.5 Å². The van der Waals surface area contributed by atoms with Crippen molar-refractivity contribution in [3.63, 3.8) is 0 Å². The summed E-state index contributed by atoms with van der Waals surface area (Å²) < 4.78 is 5.08. The topological polar surface area (TPSA) is 58.4 Å². The lowest BCUT2D eigenvalue weighted by Crippen LogP contribution is -2.50. The first-order valence-corrected chi connectivity index (χ1v) is 8.31. The molecule has 124 valence electrons. The molecule has 1 N–H and O–H groups in total. The number of hydrogen-bond acceptors (Lipinski definition) is 4. The first kappa shape index (κ1) is 17.0. The number of aryl methyl sites for hydroxylation is 1. The van der Waals surface area contributed by atoms with Crippen molar-refractivity contribution >= 4 is 5.91 Å². The van der Waals surface area contributed by atoms with E-state index in [2.05, 4.69) is 24.3 Å². The van der Waals surface area contributed by atoms with Crippen LogP contribution in [-0.2, 0) is 11.3 Å². The minimum atomic E-state index is -0.179. The Labute approximate surface area is 133 Å². The second-order valence-electron chi connectivity index (χ2n) is 6.90. The van der Waals surface area contributed by atoms with Crippen molar-refractivity contribution in [1.29, 1.82) is 0 Å². The van der Waals surface area contributed by atoms with E-state index in [4.69, 9.17) is 4.52 Å². The van der Waals surface area contributed by atoms with E-state index in [-0.39, 0.29) is 11.9 Å². The first-order chi connectivity index (χ1) is 10.4. The van der Waals surface area contributed by atoms with E-state index >= 15 is 0 Å². The van der Waals surface area contributed by atoms with E-state index in [0.717, 1.165) is 17.9 Å². The minimum Gasteiger partial charge on any atom is -0.361 e. The van der Waals surface area contributed by atoms with Gasteiger partial charge in [0, 0.05) is 18.7 Å². The van der Waals surface area contributed by atoms with Gasteiger partial charge in [-0.05, 0) is 39.2 Å². The molecule has 5 nitrogen and oxygen atoms in total. The van der Waals surface area contributed by atoms with Gasteiger partial charge >= 0.3 is 0 Å². The molecule has 1 fully saturated rings. The molecule has 0 aliphatic heterocycles. The molecule has 1 aromatic rings. The van der Waals surface area contributed by atoms with Gasteiger partial charge in [0.25, 0.3) is 0 Å². The maximum Gasteiger partial charge on any atom is 0.237 e. The van der Waals surface area contributed by atoms with E-state index in [9.17, 15) is 4.79 Å². The van der Waals surface area contributed by atoms with E-state index in [0.29, 0.717) is 24.4 Å². The largest absolute Gasteiger partial charge is 0.361 e. The van der Waals surface area contributed by atoms with Crippen LogP contribution in [0, 0.1) is 18.8 Å². The van der Waals surface area contributed by atoms with Gasteiger partial charge in [-0.2, -0.15) is 0 Å². The average Bonchev–Trinajstić information content (AvgIpc) is 2.88. The normalized spacial score (nSPS) is 26.9. The Morgan fingerprint density at radius 1 is 1.50 bits per heavy atom. The molecule has 0 aromatic carbocycles. The zero-order valence-electron chi connectivity index (χ0n) is 14.4. The number of nitrogens with one attached hydrogen (secondary N) is 1. The second-order valence-corrected chi connectivity index (χ2v) is 6.90. The predicted molar refractivity (Wildman–Crippen MR) is 86.3 cm³/mol. The highest BCUT2D eigenvalue weighted by Crippen LogP contribution is 2.29. The minimum absolute atomic E-state index is 0.105. The number of amides is 1. The Morgan fingerprint density at radius 2 is 2.23 bits per heavy atom. The maximum absolute atomic E-state index is 12.5. The molecule has 0 radical (unpaired) electrons. The summed E-state index contributed by atoms with van der Waals surface area (Å²) in [6.45, 7) is 8.97. The molecule has 1 amide bonds. The van der Waals surface area contributed by atoms with Crippen LogP contribution >= 0.6 is 0 Å². The lowest BCUT2D eigenvalue weighted by atomic mass is 9.78. The van der Waals surface area contributed by atoms with Crippen molar-refractivity contribution < 1.29 is 9.32 Å². The van der Waals surface area contributed by atoms with Crippen LogP contribution in [0.25, 0.3) is 0 Å². The van der Waals surface area contributed by atoms with E-state index in [1.165, 1.54) is 12.8 Å². The van der Waals surface area contributed by atoms with Crippen molar-refractivity contribution in [2.45, 2.75) is 65.6 Å². The molecule has 5 heteroatoms. The lowest BCUT2D eigenvalue weighted by molar-refractivity contribution is -0.127. The van der Waals surface area contributed by atoms with Crippen molar-refractivity contribution in [2.24, 2.45) is 11.8 Å². The van der Waals surface area contributed by atoms with Crippen LogP contribution in [-0.4, -0.2) is 35.1 Å². The molecule has 1 aromatic heterocycles. The zero-order chi connectivity index (χ0) is 16.3. The molecule has 0 spiro atoms. The van der Waals surface area contributed by atoms with Gasteiger partial charge in [0.2, 0.25) is 5.91 Å². The fourth-order valence-electron chi connectivity index (χ4n) is 3.17. The zero-order valence-corrected chi connectivity index (χ0v) is 14.4. The smallest absolute Gasteiger partial charge is 0.237 e. The van der Waals surface area contributed by atoms with Gasteiger partial charge in [-0.3, -0.25) is 9.69 Å². The summed E-state index contributed by atoms with van der Waals surface area (Å²) in [5, 5.41) is 7.23. The van der Waals surface area contributed by atoms with Crippen LogP contribution < -0.4 is 5.32 Å². The Bertz CT molecular complexity index is 500. The van der Waals surface area contributed by atoms with Gasteiger partial charge in [0.1, 0.15) is 5.76 Å². The third kappa shape index (κ3) is 4.09. The van der Waals surface area contributed by atoms with Crippen LogP contribution in [0.5, 0.6) is 0 Å². The highest BCUT2D eigenvalue weighted by molar-refractivity contribution is 5.81. The number of carbonyl (C=O) groups is 1. The van der Waals surface area contributed by atoms with Crippen molar-refractivity contribution in [1.82, 2.24) is 15.4 Å². The summed E-state index contributed by atoms with van der Waals surface area (Å²) in [7, 11) is 1.95.